The Morgan fingerprint density at radius 1 is 0.266 bits per heavy atom. The van der Waals surface area contributed by atoms with E-state index in [0.29, 0.717) is 19.3 Å². The smallest absolute Gasteiger partial charge is 0.306 e. The Morgan fingerprint density at radius 3 is 0.772 bits per heavy atom. The summed E-state index contributed by atoms with van der Waals surface area (Å²) in [6.07, 6.45) is 93.0. The minimum absolute atomic E-state index is 0.0931. The van der Waals surface area contributed by atoms with Crippen molar-refractivity contribution >= 4 is 17.9 Å². The van der Waals surface area contributed by atoms with E-state index in [1.54, 1.807) is 0 Å². The Labute approximate surface area is 487 Å². The molecule has 0 aliphatic carbocycles. The molecule has 1 atom stereocenters. The van der Waals surface area contributed by atoms with E-state index in [2.05, 4.69) is 154 Å². The lowest BCUT2D eigenvalue weighted by atomic mass is 10.1. The molecule has 0 aliphatic heterocycles. The van der Waals surface area contributed by atoms with Crippen molar-refractivity contribution in [3.8, 4) is 0 Å². The summed E-state index contributed by atoms with van der Waals surface area (Å²) < 4.78 is 16.9. The predicted molar refractivity (Wildman–Crippen MR) is 343 cm³/mol. The Hall–Kier alpha value is -4.45. The van der Waals surface area contributed by atoms with E-state index < -0.39 is 6.10 Å². The summed E-state index contributed by atoms with van der Waals surface area (Å²) in [4.78, 5) is 38.4. The Morgan fingerprint density at radius 2 is 0.494 bits per heavy atom. The van der Waals surface area contributed by atoms with Crippen molar-refractivity contribution in [3.63, 3.8) is 0 Å². The molecule has 6 nitrogen and oxygen atoms in total. The fraction of sp³-hybridized carbons (Fsp3) is 0.658. The van der Waals surface area contributed by atoms with Gasteiger partial charge in [0.05, 0.1) is 0 Å². The zero-order valence-corrected chi connectivity index (χ0v) is 51.3. The molecule has 0 rings (SSSR count). The average Bonchev–Trinajstić information content (AvgIpc) is 3.45. The second-order valence-corrected chi connectivity index (χ2v) is 21.3. The van der Waals surface area contributed by atoms with Gasteiger partial charge in [-0.05, 0) is 135 Å². The van der Waals surface area contributed by atoms with Crippen LogP contribution in [0.25, 0.3) is 0 Å². The van der Waals surface area contributed by atoms with Gasteiger partial charge in [-0.1, -0.05) is 270 Å². The van der Waals surface area contributed by atoms with Crippen LogP contribution in [0.4, 0.5) is 0 Å². The van der Waals surface area contributed by atoms with Crippen molar-refractivity contribution in [2.45, 2.75) is 297 Å². The lowest BCUT2D eigenvalue weighted by molar-refractivity contribution is -0.167. The molecule has 6 heteroatoms. The monoisotopic (exact) mass is 1090 g/mol. The molecule has 0 aromatic rings. The minimum atomic E-state index is -0.798. The summed E-state index contributed by atoms with van der Waals surface area (Å²) in [6.45, 7) is 6.38. The van der Waals surface area contributed by atoms with Crippen LogP contribution in [0.2, 0.25) is 0 Å². The summed E-state index contributed by atoms with van der Waals surface area (Å²) >= 11 is 0. The standard InChI is InChI=1S/C73H120O6/c1-4-7-10-13-16-19-22-25-28-31-33-34-35-36-37-38-40-42-45-48-51-54-57-60-63-66-72(75)78-69-70(68-77-71(74)65-62-59-56-53-50-47-44-41-30-27-24-21-18-15-12-9-6-3)79-73(76)67-64-61-58-55-52-49-46-43-39-32-29-26-23-20-17-14-11-8-5-2/h7-8,10-11,16-21,25-30,33-34,36-37,39,43,70H,4-6,9,12-15,22-24,31-32,35,38,40-42,44-69H2,1-3H3/b10-7-,11-8-,19-16-,20-17-,21-18-,28-25-,29-26-,30-27-,34-33-,37-36-,43-39-. The number of carbonyl (C=O) groups excluding carboxylic acids is 3. The molecule has 0 bridgehead atoms. The summed E-state index contributed by atoms with van der Waals surface area (Å²) in [6, 6.07) is 0. The fourth-order valence-corrected chi connectivity index (χ4v) is 8.79. The number of hydrogen-bond donors (Lipinski definition) is 0. The maximum atomic E-state index is 12.9. The second-order valence-electron chi connectivity index (χ2n) is 21.3. The molecule has 0 N–H and O–H groups in total. The van der Waals surface area contributed by atoms with Crippen molar-refractivity contribution < 1.29 is 28.6 Å². The Balaban J connectivity index is 4.43. The molecule has 0 aromatic carbocycles. The van der Waals surface area contributed by atoms with Gasteiger partial charge in [0.2, 0.25) is 0 Å². The van der Waals surface area contributed by atoms with Crippen LogP contribution in [0, 0.1) is 0 Å². The van der Waals surface area contributed by atoms with Crippen LogP contribution in [-0.2, 0) is 28.6 Å². The number of carbonyl (C=O) groups is 3. The van der Waals surface area contributed by atoms with E-state index in [9.17, 15) is 14.4 Å². The summed E-state index contributed by atoms with van der Waals surface area (Å²) in [5.41, 5.74) is 0. The molecule has 0 spiro atoms. The number of esters is 3. The molecule has 0 amide bonds. The van der Waals surface area contributed by atoms with Gasteiger partial charge in [-0.3, -0.25) is 14.4 Å². The van der Waals surface area contributed by atoms with Crippen molar-refractivity contribution in [1.29, 1.82) is 0 Å². The molecule has 0 saturated carbocycles. The van der Waals surface area contributed by atoms with E-state index in [1.165, 1.54) is 103 Å². The highest BCUT2D eigenvalue weighted by Crippen LogP contribution is 2.15. The Bertz CT molecular complexity index is 1680. The third kappa shape index (κ3) is 64.3. The quantitative estimate of drug-likeness (QED) is 0.0261. The van der Waals surface area contributed by atoms with Gasteiger partial charge in [0.15, 0.2) is 6.10 Å². The zero-order valence-electron chi connectivity index (χ0n) is 51.3. The van der Waals surface area contributed by atoms with Crippen LogP contribution in [0.3, 0.4) is 0 Å². The largest absolute Gasteiger partial charge is 0.462 e. The first-order valence-corrected chi connectivity index (χ1v) is 32.7. The van der Waals surface area contributed by atoms with Crippen LogP contribution >= 0.6 is 0 Å². The van der Waals surface area contributed by atoms with Crippen molar-refractivity contribution in [1.82, 2.24) is 0 Å². The molecule has 0 saturated heterocycles. The highest BCUT2D eigenvalue weighted by molar-refractivity contribution is 5.71. The first-order valence-electron chi connectivity index (χ1n) is 32.7. The molecule has 0 aromatic heterocycles. The number of rotatable bonds is 58. The van der Waals surface area contributed by atoms with Crippen LogP contribution in [0.5, 0.6) is 0 Å². The van der Waals surface area contributed by atoms with Crippen molar-refractivity contribution in [2.75, 3.05) is 13.2 Å². The Kier molecular flexibility index (Phi) is 62.3. The van der Waals surface area contributed by atoms with E-state index in [1.807, 2.05) is 0 Å². The molecule has 79 heavy (non-hydrogen) atoms. The van der Waals surface area contributed by atoms with Gasteiger partial charge < -0.3 is 14.2 Å². The third-order valence-electron chi connectivity index (χ3n) is 13.6. The molecular formula is C73H120O6. The van der Waals surface area contributed by atoms with E-state index >= 15 is 0 Å². The molecule has 448 valence electrons. The summed E-state index contributed by atoms with van der Waals surface area (Å²) in [5.74, 6) is -0.916. The van der Waals surface area contributed by atoms with Crippen molar-refractivity contribution in [3.05, 3.63) is 134 Å². The summed E-state index contributed by atoms with van der Waals surface area (Å²) in [7, 11) is 0. The fourth-order valence-electron chi connectivity index (χ4n) is 8.79. The van der Waals surface area contributed by atoms with Gasteiger partial charge in [0.1, 0.15) is 13.2 Å². The number of hydrogen-bond acceptors (Lipinski definition) is 6. The van der Waals surface area contributed by atoms with E-state index in [4.69, 9.17) is 14.2 Å². The maximum Gasteiger partial charge on any atom is 0.306 e. The lowest BCUT2D eigenvalue weighted by Gasteiger charge is -2.18. The molecular weight excluding hydrogens is 973 g/mol. The average molecular weight is 1090 g/mol. The third-order valence-corrected chi connectivity index (χ3v) is 13.6. The minimum Gasteiger partial charge on any atom is -0.462 e. The van der Waals surface area contributed by atoms with Crippen LogP contribution in [-0.4, -0.2) is 37.2 Å². The summed E-state index contributed by atoms with van der Waals surface area (Å²) in [5, 5.41) is 0. The predicted octanol–water partition coefficient (Wildman–Crippen LogP) is 22.5. The van der Waals surface area contributed by atoms with Crippen LogP contribution in [0.1, 0.15) is 290 Å². The van der Waals surface area contributed by atoms with Crippen molar-refractivity contribution in [2.24, 2.45) is 0 Å². The molecule has 0 heterocycles. The van der Waals surface area contributed by atoms with Gasteiger partial charge >= 0.3 is 17.9 Å². The zero-order chi connectivity index (χ0) is 57.1. The van der Waals surface area contributed by atoms with E-state index in [-0.39, 0.29) is 31.1 Å². The highest BCUT2D eigenvalue weighted by Gasteiger charge is 2.19. The topological polar surface area (TPSA) is 78.9 Å². The number of allylic oxidation sites excluding steroid dienone is 22. The number of ether oxygens (including phenoxy) is 3. The molecule has 0 fully saturated rings. The number of unbranched alkanes of at least 4 members (excludes halogenated alkanes) is 25. The van der Waals surface area contributed by atoms with Gasteiger partial charge in [0.25, 0.3) is 0 Å². The maximum absolute atomic E-state index is 12.9. The molecule has 0 radical (unpaired) electrons. The molecule has 1 unspecified atom stereocenters. The first-order chi connectivity index (χ1) is 39.0. The van der Waals surface area contributed by atoms with Gasteiger partial charge in [-0.2, -0.15) is 0 Å². The van der Waals surface area contributed by atoms with Crippen LogP contribution in [0.15, 0.2) is 134 Å². The highest BCUT2D eigenvalue weighted by atomic mass is 16.6. The first kappa shape index (κ1) is 74.5. The lowest BCUT2D eigenvalue weighted by Crippen LogP contribution is -2.30. The van der Waals surface area contributed by atoms with Gasteiger partial charge in [-0.25, -0.2) is 0 Å². The van der Waals surface area contributed by atoms with Gasteiger partial charge in [-0.15, -0.1) is 0 Å². The second kappa shape index (κ2) is 66.1. The van der Waals surface area contributed by atoms with Crippen LogP contribution < -0.4 is 0 Å². The normalized spacial score (nSPS) is 13.0. The van der Waals surface area contributed by atoms with E-state index in [0.717, 1.165) is 148 Å². The van der Waals surface area contributed by atoms with Gasteiger partial charge in [0, 0.05) is 19.3 Å². The molecule has 0 aliphatic rings. The SMILES string of the molecule is CC/C=C\C/C=C\C/C=C\C/C=C\C/C=C\CCCCCCCCCCCC(=O)OCC(COC(=O)CCCCCCCCC/C=C\C/C=C\CCCCC)OC(=O)CCCCCCCC/C=C\C/C=C\C/C=C\C/C=C\CC.